The van der Waals surface area contributed by atoms with Crippen LogP contribution in [-0.2, 0) is 4.79 Å². The maximum Gasteiger partial charge on any atom is 0.343 e. The van der Waals surface area contributed by atoms with Gasteiger partial charge in [0.2, 0.25) is 0 Å². The van der Waals surface area contributed by atoms with Gasteiger partial charge in [-0.15, -0.1) is 0 Å². The molecule has 0 aromatic heterocycles. The first-order valence-corrected chi connectivity index (χ1v) is 5.25. The average molecular weight is 216 g/mol. The van der Waals surface area contributed by atoms with Gasteiger partial charge in [-0.2, -0.15) is 0 Å². The molecule has 1 aromatic carbocycles. The molecule has 0 aliphatic heterocycles. The van der Waals surface area contributed by atoms with Crippen molar-refractivity contribution in [1.82, 2.24) is 0 Å². The second-order valence-corrected chi connectivity index (χ2v) is 3.45. The topological polar surface area (TPSA) is 26.3 Å². The highest BCUT2D eigenvalue weighted by Crippen LogP contribution is 2.14. The van der Waals surface area contributed by atoms with Crippen molar-refractivity contribution in [3.05, 3.63) is 53.6 Å². The SMILES string of the molecule is CC=CC(=CC)C(=O)Oc1cccc(C)c1. The zero-order valence-electron chi connectivity index (χ0n) is 9.86. The molecule has 0 fully saturated rings. The minimum Gasteiger partial charge on any atom is -0.423 e. The minimum atomic E-state index is -0.328. The second-order valence-electron chi connectivity index (χ2n) is 3.45. The van der Waals surface area contributed by atoms with Crippen LogP contribution < -0.4 is 4.74 Å². The molecule has 0 atom stereocenters. The standard InChI is InChI=1S/C14H16O2/c1-4-7-12(5-2)14(15)16-13-9-6-8-11(3)10-13/h4-10H,1-3H3. The maximum atomic E-state index is 11.7. The average Bonchev–Trinajstić information content (AvgIpc) is 2.25. The number of ether oxygens (including phenoxy) is 1. The molecular weight excluding hydrogens is 200 g/mol. The second kappa shape index (κ2) is 5.91. The lowest BCUT2D eigenvalue weighted by Gasteiger charge is -2.05. The van der Waals surface area contributed by atoms with Gasteiger partial charge in [-0.3, -0.25) is 0 Å². The smallest absolute Gasteiger partial charge is 0.343 e. The van der Waals surface area contributed by atoms with Crippen LogP contribution in [0.3, 0.4) is 0 Å². The van der Waals surface area contributed by atoms with E-state index in [1.807, 2.05) is 45.0 Å². The summed E-state index contributed by atoms with van der Waals surface area (Å²) in [5, 5.41) is 0. The van der Waals surface area contributed by atoms with E-state index in [1.165, 1.54) is 0 Å². The summed E-state index contributed by atoms with van der Waals surface area (Å²) >= 11 is 0. The van der Waals surface area contributed by atoms with Crippen LogP contribution in [0.15, 0.2) is 48.1 Å². The van der Waals surface area contributed by atoms with Gasteiger partial charge in [0.15, 0.2) is 0 Å². The van der Waals surface area contributed by atoms with Crippen molar-refractivity contribution >= 4 is 5.97 Å². The van der Waals surface area contributed by atoms with E-state index >= 15 is 0 Å². The van der Waals surface area contributed by atoms with Crippen molar-refractivity contribution in [2.24, 2.45) is 0 Å². The quantitative estimate of drug-likeness (QED) is 0.335. The molecule has 0 saturated carbocycles. The summed E-state index contributed by atoms with van der Waals surface area (Å²) in [6.07, 6.45) is 5.28. The van der Waals surface area contributed by atoms with E-state index in [0.717, 1.165) is 5.56 Å². The van der Waals surface area contributed by atoms with Crippen molar-refractivity contribution in [3.8, 4) is 5.75 Å². The van der Waals surface area contributed by atoms with E-state index in [1.54, 1.807) is 18.2 Å². The van der Waals surface area contributed by atoms with Crippen LogP contribution in [-0.4, -0.2) is 5.97 Å². The van der Waals surface area contributed by atoms with E-state index in [-0.39, 0.29) is 5.97 Å². The maximum absolute atomic E-state index is 11.7. The van der Waals surface area contributed by atoms with E-state index in [4.69, 9.17) is 4.74 Å². The van der Waals surface area contributed by atoms with Gasteiger partial charge in [0.25, 0.3) is 0 Å². The monoisotopic (exact) mass is 216 g/mol. The van der Waals surface area contributed by atoms with Gasteiger partial charge in [-0.1, -0.05) is 30.4 Å². The first-order chi connectivity index (χ1) is 7.67. The molecule has 0 N–H and O–H groups in total. The molecule has 0 heterocycles. The Bertz CT molecular complexity index is 428. The number of carbonyl (C=O) groups is 1. The lowest BCUT2D eigenvalue weighted by Crippen LogP contribution is -2.09. The molecule has 84 valence electrons. The molecule has 1 aromatic rings. The summed E-state index contributed by atoms with van der Waals surface area (Å²) in [6.45, 7) is 5.64. The first kappa shape index (κ1) is 12.2. The third-order valence-electron chi connectivity index (χ3n) is 2.09. The van der Waals surface area contributed by atoms with Gasteiger partial charge in [-0.25, -0.2) is 4.79 Å². The fourth-order valence-corrected chi connectivity index (χ4v) is 1.31. The van der Waals surface area contributed by atoms with Crippen molar-refractivity contribution in [3.63, 3.8) is 0 Å². The molecule has 0 unspecified atom stereocenters. The Labute approximate surface area is 96.2 Å². The molecule has 2 heteroatoms. The Hall–Kier alpha value is -1.83. The number of hydrogen-bond donors (Lipinski definition) is 0. The predicted molar refractivity (Wildman–Crippen MR) is 65.4 cm³/mol. The third kappa shape index (κ3) is 3.39. The van der Waals surface area contributed by atoms with Gasteiger partial charge in [0.05, 0.1) is 5.57 Å². The van der Waals surface area contributed by atoms with Crippen LogP contribution in [0, 0.1) is 6.92 Å². The number of allylic oxidation sites excluding steroid dienone is 2. The van der Waals surface area contributed by atoms with Crippen molar-refractivity contribution in [1.29, 1.82) is 0 Å². The fraction of sp³-hybridized carbons (Fsp3) is 0.214. The summed E-state index contributed by atoms with van der Waals surface area (Å²) in [6, 6.07) is 7.43. The van der Waals surface area contributed by atoms with Crippen LogP contribution in [0.5, 0.6) is 5.75 Å². The van der Waals surface area contributed by atoms with Crippen molar-refractivity contribution in [2.75, 3.05) is 0 Å². The predicted octanol–water partition coefficient (Wildman–Crippen LogP) is 3.42. The normalized spacial score (nSPS) is 11.8. The van der Waals surface area contributed by atoms with Crippen LogP contribution in [0.2, 0.25) is 0 Å². The van der Waals surface area contributed by atoms with Crippen LogP contribution in [0.4, 0.5) is 0 Å². The largest absolute Gasteiger partial charge is 0.423 e. The molecule has 0 bridgehead atoms. The highest BCUT2D eigenvalue weighted by Gasteiger charge is 2.07. The summed E-state index contributed by atoms with van der Waals surface area (Å²) < 4.78 is 5.24. The Balaban J connectivity index is 2.78. The molecule has 1 rings (SSSR count). The van der Waals surface area contributed by atoms with Crippen LogP contribution >= 0.6 is 0 Å². The lowest BCUT2D eigenvalue weighted by molar-refractivity contribution is -0.129. The molecule has 2 nitrogen and oxygen atoms in total. The fourth-order valence-electron chi connectivity index (χ4n) is 1.31. The summed E-state index contributed by atoms with van der Waals surface area (Å²) in [5.74, 6) is 0.250. The van der Waals surface area contributed by atoms with Gasteiger partial charge < -0.3 is 4.74 Å². The summed E-state index contributed by atoms with van der Waals surface area (Å²) in [5.41, 5.74) is 1.63. The zero-order valence-corrected chi connectivity index (χ0v) is 9.86. The Kier molecular flexibility index (Phi) is 4.52. The zero-order chi connectivity index (χ0) is 12.0. The van der Waals surface area contributed by atoms with Crippen LogP contribution in [0.1, 0.15) is 19.4 Å². The van der Waals surface area contributed by atoms with E-state index in [9.17, 15) is 4.79 Å². The van der Waals surface area contributed by atoms with Gasteiger partial charge in [0, 0.05) is 0 Å². The number of aryl methyl sites for hydroxylation is 1. The highest BCUT2D eigenvalue weighted by molar-refractivity contribution is 5.92. The molecule has 0 amide bonds. The number of rotatable bonds is 3. The Morgan fingerprint density at radius 2 is 2.06 bits per heavy atom. The minimum absolute atomic E-state index is 0.328. The van der Waals surface area contributed by atoms with Crippen molar-refractivity contribution in [2.45, 2.75) is 20.8 Å². The number of benzene rings is 1. The van der Waals surface area contributed by atoms with Crippen LogP contribution in [0.25, 0.3) is 0 Å². The molecular formula is C14H16O2. The van der Waals surface area contributed by atoms with Gasteiger partial charge >= 0.3 is 5.97 Å². The van der Waals surface area contributed by atoms with E-state index < -0.39 is 0 Å². The first-order valence-electron chi connectivity index (χ1n) is 5.25. The van der Waals surface area contributed by atoms with E-state index in [2.05, 4.69) is 0 Å². The lowest BCUT2D eigenvalue weighted by atomic mass is 10.2. The molecule has 0 radical (unpaired) electrons. The Morgan fingerprint density at radius 3 is 2.62 bits per heavy atom. The molecule has 0 spiro atoms. The number of esters is 1. The van der Waals surface area contributed by atoms with Gasteiger partial charge in [-0.05, 0) is 38.5 Å². The molecule has 16 heavy (non-hydrogen) atoms. The Morgan fingerprint density at radius 1 is 1.31 bits per heavy atom. The molecule has 0 aliphatic rings. The molecule has 0 saturated heterocycles. The number of hydrogen-bond acceptors (Lipinski definition) is 2. The molecule has 0 aliphatic carbocycles. The van der Waals surface area contributed by atoms with Gasteiger partial charge in [0.1, 0.15) is 5.75 Å². The third-order valence-corrected chi connectivity index (χ3v) is 2.09. The highest BCUT2D eigenvalue weighted by atomic mass is 16.5. The summed E-state index contributed by atoms with van der Waals surface area (Å²) in [4.78, 5) is 11.7. The van der Waals surface area contributed by atoms with E-state index in [0.29, 0.717) is 11.3 Å². The summed E-state index contributed by atoms with van der Waals surface area (Å²) in [7, 11) is 0. The van der Waals surface area contributed by atoms with Crippen molar-refractivity contribution < 1.29 is 9.53 Å². The number of carbonyl (C=O) groups excluding carboxylic acids is 1.